The Morgan fingerprint density at radius 1 is 1.47 bits per heavy atom. The van der Waals surface area contributed by atoms with Crippen LogP contribution in [0.2, 0.25) is 0 Å². The highest BCUT2D eigenvalue weighted by Crippen LogP contribution is 2.18. The van der Waals surface area contributed by atoms with Gasteiger partial charge in [0.2, 0.25) is 5.82 Å². The number of hydrogen-bond donors (Lipinski definition) is 1. The molecule has 1 aromatic heterocycles. The number of nitrogens with zero attached hydrogens (tertiary/aromatic N) is 3. The molecule has 0 unspecified atom stereocenters. The molecule has 17 heavy (non-hydrogen) atoms. The molecule has 1 aromatic rings. The van der Waals surface area contributed by atoms with Crippen LogP contribution in [0.15, 0.2) is 0 Å². The van der Waals surface area contributed by atoms with E-state index in [0.717, 1.165) is 12.2 Å². The predicted molar refractivity (Wildman–Crippen MR) is 66.9 cm³/mol. The lowest BCUT2D eigenvalue weighted by Crippen LogP contribution is -2.44. The molecule has 0 spiro atoms. The standard InChI is InChI=1S/C12H22N4O/c1-7-12(4,5)16(6)11(17)10-13-9(8(2)3)14-15-10/h8H,7H2,1-6H3,(H,13,14,15). The third kappa shape index (κ3) is 2.84. The van der Waals surface area contributed by atoms with Gasteiger partial charge in [0.15, 0.2) is 0 Å². The van der Waals surface area contributed by atoms with Gasteiger partial charge in [-0.25, -0.2) is 4.98 Å². The lowest BCUT2D eigenvalue weighted by Gasteiger charge is -2.33. The van der Waals surface area contributed by atoms with Gasteiger partial charge >= 0.3 is 0 Å². The Hall–Kier alpha value is -1.39. The summed E-state index contributed by atoms with van der Waals surface area (Å²) in [5.74, 6) is 1.10. The van der Waals surface area contributed by atoms with E-state index in [9.17, 15) is 4.79 Å². The maximum atomic E-state index is 12.2. The van der Waals surface area contributed by atoms with Crippen LogP contribution in [0.1, 0.15) is 63.4 Å². The lowest BCUT2D eigenvalue weighted by atomic mass is 10.00. The van der Waals surface area contributed by atoms with Crippen molar-refractivity contribution >= 4 is 5.91 Å². The van der Waals surface area contributed by atoms with Crippen LogP contribution in [0.5, 0.6) is 0 Å². The average molecular weight is 238 g/mol. The van der Waals surface area contributed by atoms with Gasteiger partial charge in [-0.3, -0.25) is 9.89 Å². The molecule has 1 heterocycles. The summed E-state index contributed by atoms with van der Waals surface area (Å²) in [6.07, 6.45) is 0.886. The highest BCUT2D eigenvalue weighted by Gasteiger charge is 2.28. The minimum absolute atomic E-state index is 0.139. The van der Waals surface area contributed by atoms with Crippen LogP contribution in [0.25, 0.3) is 0 Å². The van der Waals surface area contributed by atoms with Crippen LogP contribution in [-0.4, -0.2) is 38.6 Å². The zero-order valence-electron chi connectivity index (χ0n) is 11.5. The molecule has 0 aliphatic rings. The maximum Gasteiger partial charge on any atom is 0.293 e. The zero-order valence-corrected chi connectivity index (χ0v) is 11.5. The Balaban J connectivity index is 2.89. The zero-order chi connectivity index (χ0) is 13.2. The average Bonchev–Trinajstić information content (AvgIpc) is 2.76. The number of hydrogen-bond acceptors (Lipinski definition) is 3. The molecule has 0 bridgehead atoms. The molecule has 5 nitrogen and oxygen atoms in total. The van der Waals surface area contributed by atoms with Crippen LogP contribution in [-0.2, 0) is 0 Å². The molecular weight excluding hydrogens is 216 g/mol. The van der Waals surface area contributed by atoms with Crippen LogP contribution in [0, 0.1) is 0 Å². The summed E-state index contributed by atoms with van der Waals surface area (Å²) in [4.78, 5) is 18.1. The number of aromatic nitrogens is 3. The first-order valence-electron chi connectivity index (χ1n) is 6.00. The Morgan fingerprint density at radius 3 is 2.47 bits per heavy atom. The summed E-state index contributed by atoms with van der Waals surface area (Å²) >= 11 is 0. The summed E-state index contributed by atoms with van der Waals surface area (Å²) < 4.78 is 0. The van der Waals surface area contributed by atoms with Crippen molar-refractivity contribution in [2.24, 2.45) is 0 Å². The highest BCUT2D eigenvalue weighted by atomic mass is 16.2. The number of amides is 1. The van der Waals surface area contributed by atoms with Gasteiger partial charge in [0.05, 0.1) is 0 Å². The summed E-state index contributed by atoms with van der Waals surface area (Å²) in [5.41, 5.74) is -0.185. The molecule has 0 atom stereocenters. The number of H-pyrrole nitrogens is 1. The first-order chi connectivity index (χ1) is 7.79. The molecule has 5 heteroatoms. The van der Waals surface area contributed by atoms with Crippen molar-refractivity contribution in [3.05, 3.63) is 11.6 Å². The minimum Gasteiger partial charge on any atom is -0.334 e. The lowest BCUT2D eigenvalue weighted by molar-refractivity contribution is 0.0608. The quantitative estimate of drug-likeness (QED) is 0.874. The fourth-order valence-corrected chi connectivity index (χ4v) is 1.29. The molecule has 1 rings (SSSR count). The SMILES string of the molecule is CCC(C)(C)N(C)C(=O)c1n[nH]c(C(C)C)n1. The molecule has 1 amide bonds. The third-order valence-electron chi connectivity index (χ3n) is 3.32. The van der Waals surface area contributed by atoms with E-state index in [0.29, 0.717) is 0 Å². The van der Waals surface area contributed by atoms with Gasteiger partial charge in [-0.2, -0.15) is 0 Å². The Kier molecular flexibility index (Phi) is 3.91. The van der Waals surface area contributed by atoms with Gasteiger partial charge in [-0.05, 0) is 20.3 Å². The second-order valence-electron chi connectivity index (χ2n) is 5.23. The van der Waals surface area contributed by atoms with Crippen LogP contribution in [0.3, 0.4) is 0 Å². The number of aromatic amines is 1. The molecule has 96 valence electrons. The first-order valence-corrected chi connectivity index (χ1v) is 6.00. The Bertz CT molecular complexity index is 395. The first kappa shape index (κ1) is 13.7. The van der Waals surface area contributed by atoms with E-state index in [2.05, 4.69) is 22.1 Å². The van der Waals surface area contributed by atoms with E-state index >= 15 is 0 Å². The Morgan fingerprint density at radius 2 is 2.06 bits per heavy atom. The summed E-state index contributed by atoms with van der Waals surface area (Å²) in [5, 5.41) is 6.78. The normalized spacial score (nSPS) is 11.9. The topological polar surface area (TPSA) is 61.9 Å². The van der Waals surface area contributed by atoms with Gasteiger partial charge in [0.25, 0.3) is 5.91 Å². The number of carbonyl (C=O) groups is 1. The summed E-state index contributed by atoms with van der Waals surface area (Å²) in [6.45, 7) is 10.1. The van der Waals surface area contributed by atoms with E-state index in [1.54, 1.807) is 11.9 Å². The minimum atomic E-state index is -0.185. The second-order valence-corrected chi connectivity index (χ2v) is 5.23. The maximum absolute atomic E-state index is 12.2. The summed E-state index contributed by atoms with van der Waals surface area (Å²) in [6, 6.07) is 0. The van der Waals surface area contributed by atoms with Crippen molar-refractivity contribution in [3.8, 4) is 0 Å². The van der Waals surface area contributed by atoms with Gasteiger partial charge in [0.1, 0.15) is 5.82 Å². The van der Waals surface area contributed by atoms with Crippen molar-refractivity contribution in [1.29, 1.82) is 0 Å². The molecule has 1 N–H and O–H groups in total. The van der Waals surface area contributed by atoms with Gasteiger partial charge in [-0.1, -0.05) is 20.8 Å². The number of rotatable bonds is 4. The molecule has 0 aliphatic heterocycles. The van der Waals surface area contributed by atoms with E-state index in [1.165, 1.54) is 0 Å². The molecular formula is C12H22N4O. The van der Waals surface area contributed by atoms with E-state index < -0.39 is 0 Å². The number of carbonyl (C=O) groups excluding carboxylic acids is 1. The predicted octanol–water partition coefficient (Wildman–Crippen LogP) is 2.19. The molecule has 0 aromatic carbocycles. The van der Waals surface area contributed by atoms with Crippen molar-refractivity contribution in [2.75, 3.05) is 7.05 Å². The van der Waals surface area contributed by atoms with Crippen molar-refractivity contribution in [1.82, 2.24) is 20.1 Å². The van der Waals surface area contributed by atoms with Crippen LogP contribution < -0.4 is 0 Å². The molecule has 0 saturated heterocycles. The Labute approximate surface area is 103 Å². The third-order valence-corrected chi connectivity index (χ3v) is 3.32. The van der Waals surface area contributed by atoms with Gasteiger partial charge < -0.3 is 4.90 Å². The van der Waals surface area contributed by atoms with Gasteiger partial charge in [0, 0.05) is 18.5 Å². The molecule has 0 saturated carbocycles. The van der Waals surface area contributed by atoms with E-state index in [-0.39, 0.29) is 23.2 Å². The van der Waals surface area contributed by atoms with Crippen molar-refractivity contribution < 1.29 is 4.79 Å². The second kappa shape index (κ2) is 4.85. The molecule has 0 fully saturated rings. The fraction of sp³-hybridized carbons (Fsp3) is 0.750. The summed E-state index contributed by atoms with van der Waals surface area (Å²) in [7, 11) is 1.79. The van der Waals surface area contributed by atoms with Crippen molar-refractivity contribution in [2.45, 2.75) is 52.5 Å². The van der Waals surface area contributed by atoms with Crippen molar-refractivity contribution in [3.63, 3.8) is 0 Å². The smallest absolute Gasteiger partial charge is 0.293 e. The molecule has 0 radical (unpaired) electrons. The van der Waals surface area contributed by atoms with E-state index in [1.807, 2.05) is 27.7 Å². The number of nitrogens with one attached hydrogen (secondary N) is 1. The fourth-order valence-electron chi connectivity index (χ4n) is 1.29. The monoisotopic (exact) mass is 238 g/mol. The van der Waals surface area contributed by atoms with Crippen LogP contribution in [0.4, 0.5) is 0 Å². The molecule has 0 aliphatic carbocycles. The van der Waals surface area contributed by atoms with Gasteiger partial charge in [-0.15, -0.1) is 5.10 Å². The van der Waals surface area contributed by atoms with E-state index in [4.69, 9.17) is 0 Å². The largest absolute Gasteiger partial charge is 0.334 e. The van der Waals surface area contributed by atoms with Crippen LogP contribution >= 0.6 is 0 Å². The highest BCUT2D eigenvalue weighted by molar-refractivity contribution is 5.90.